The number of esters is 1. The molecule has 31 heavy (non-hydrogen) atoms. The lowest BCUT2D eigenvalue weighted by molar-refractivity contribution is -0.140. The molecule has 0 atom stereocenters. The van der Waals surface area contributed by atoms with E-state index in [-0.39, 0.29) is 18.4 Å². The van der Waals surface area contributed by atoms with Gasteiger partial charge in [0, 0.05) is 43.4 Å². The number of fused-ring (bicyclic) bond motifs is 2. The van der Waals surface area contributed by atoms with Crippen LogP contribution in [-0.2, 0) is 9.53 Å². The number of nitrogens with one attached hydrogen (secondary N) is 1. The maximum Gasteiger partial charge on any atom is 0.302 e. The Morgan fingerprint density at radius 3 is 2.65 bits per heavy atom. The van der Waals surface area contributed by atoms with E-state index in [0.29, 0.717) is 23.4 Å². The number of nitrogens with zero attached hydrogens (tertiary/aromatic N) is 2. The lowest BCUT2D eigenvalue weighted by atomic mass is 9.86. The van der Waals surface area contributed by atoms with Gasteiger partial charge in [-0.1, -0.05) is 42.3 Å². The minimum Gasteiger partial charge on any atom is -0.464 e. The number of hydrogen-bond acceptors (Lipinski definition) is 7. The fourth-order valence-corrected chi connectivity index (χ4v) is 4.61. The molecular weight excluding hydrogens is 394 g/mol. The van der Waals surface area contributed by atoms with Crippen LogP contribution in [0.4, 0.5) is 11.4 Å². The first-order valence-corrected chi connectivity index (χ1v) is 10.9. The van der Waals surface area contributed by atoms with E-state index >= 15 is 0 Å². The summed E-state index contributed by atoms with van der Waals surface area (Å²) < 4.78 is 10.9. The summed E-state index contributed by atoms with van der Waals surface area (Å²) in [6.07, 6.45) is 4.71. The van der Waals surface area contributed by atoms with E-state index in [1.807, 2.05) is 30.3 Å². The van der Waals surface area contributed by atoms with E-state index in [2.05, 4.69) is 15.4 Å². The van der Waals surface area contributed by atoms with Crippen LogP contribution in [0.3, 0.4) is 0 Å². The number of carbonyl (C=O) groups is 2. The van der Waals surface area contributed by atoms with Crippen LogP contribution in [0.15, 0.2) is 34.9 Å². The van der Waals surface area contributed by atoms with Crippen LogP contribution in [0.2, 0.25) is 0 Å². The van der Waals surface area contributed by atoms with Gasteiger partial charge in [-0.25, -0.2) is 0 Å². The summed E-state index contributed by atoms with van der Waals surface area (Å²) in [6, 6.07) is 9.49. The molecule has 1 saturated heterocycles. The van der Waals surface area contributed by atoms with Gasteiger partial charge in [-0.3, -0.25) is 9.59 Å². The number of rotatable bonds is 5. The highest BCUT2D eigenvalue weighted by Gasteiger charge is 2.33. The molecule has 1 fully saturated rings. The number of carbonyl (C=O) groups excluding carboxylic acids is 2. The van der Waals surface area contributed by atoms with Gasteiger partial charge in [0.15, 0.2) is 11.5 Å². The van der Waals surface area contributed by atoms with Crippen LogP contribution in [0.25, 0.3) is 22.2 Å². The molecule has 7 heteroatoms. The summed E-state index contributed by atoms with van der Waals surface area (Å²) in [7, 11) is 0. The zero-order valence-corrected chi connectivity index (χ0v) is 17.6. The van der Waals surface area contributed by atoms with Crippen molar-refractivity contribution in [3.05, 3.63) is 41.5 Å². The molecule has 1 aliphatic carbocycles. The second-order valence-corrected chi connectivity index (χ2v) is 8.10. The highest BCUT2D eigenvalue weighted by atomic mass is 16.5. The summed E-state index contributed by atoms with van der Waals surface area (Å²) >= 11 is 0. The van der Waals surface area contributed by atoms with E-state index in [4.69, 9.17) is 9.26 Å². The highest BCUT2D eigenvalue weighted by molar-refractivity contribution is 6.28. The van der Waals surface area contributed by atoms with Gasteiger partial charge in [0.2, 0.25) is 0 Å². The third-order valence-electron chi connectivity index (χ3n) is 6.05. The highest BCUT2D eigenvalue weighted by Crippen LogP contribution is 2.45. The van der Waals surface area contributed by atoms with Crippen LogP contribution in [-0.4, -0.2) is 43.2 Å². The molecule has 0 saturated carbocycles. The molecule has 1 aliphatic heterocycles. The first-order valence-electron chi connectivity index (χ1n) is 10.9. The van der Waals surface area contributed by atoms with Crippen LogP contribution < -0.4 is 10.2 Å². The van der Waals surface area contributed by atoms with Crippen molar-refractivity contribution in [1.82, 2.24) is 5.16 Å². The van der Waals surface area contributed by atoms with Crippen molar-refractivity contribution in [2.24, 2.45) is 0 Å². The van der Waals surface area contributed by atoms with Gasteiger partial charge < -0.3 is 19.5 Å². The molecule has 0 unspecified atom stereocenters. The average molecular weight is 419 g/mol. The Morgan fingerprint density at radius 2 is 1.90 bits per heavy atom. The second-order valence-electron chi connectivity index (χ2n) is 8.10. The minimum atomic E-state index is -0.324. The molecule has 0 spiro atoms. The van der Waals surface area contributed by atoms with Crippen molar-refractivity contribution in [3.8, 4) is 11.3 Å². The Kier molecular flexibility index (Phi) is 5.10. The quantitative estimate of drug-likeness (QED) is 0.379. The van der Waals surface area contributed by atoms with E-state index in [1.54, 1.807) is 0 Å². The zero-order valence-electron chi connectivity index (χ0n) is 17.6. The first kappa shape index (κ1) is 19.6. The Hall–Kier alpha value is -3.35. The smallest absolute Gasteiger partial charge is 0.302 e. The van der Waals surface area contributed by atoms with E-state index in [1.165, 1.54) is 19.8 Å². The third-order valence-corrected chi connectivity index (χ3v) is 6.05. The average Bonchev–Trinajstić information content (AvgIpc) is 3.03. The molecule has 2 aliphatic rings. The maximum absolute atomic E-state index is 13.5. The number of ketones is 1. The number of ether oxygens (including phenoxy) is 1. The number of aromatic nitrogens is 1. The molecule has 5 rings (SSSR count). The largest absolute Gasteiger partial charge is 0.464 e. The normalized spacial score (nSPS) is 15.5. The van der Waals surface area contributed by atoms with Gasteiger partial charge in [0.1, 0.15) is 12.1 Å². The first-order chi connectivity index (χ1) is 15.1. The van der Waals surface area contributed by atoms with Gasteiger partial charge in [0.25, 0.3) is 0 Å². The minimum absolute atomic E-state index is 0.0475. The van der Waals surface area contributed by atoms with Crippen molar-refractivity contribution >= 4 is 34.0 Å². The topological polar surface area (TPSA) is 84.7 Å². The molecule has 7 nitrogen and oxygen atoms in total. The summed E-state index contributed by atoms with van der Waals surface area (Å²) in [5.41, 5.74) is 4.41. The summed E-state index contributed by atoms with van der Waals surface area (Å²) in [4.78, 5) is 27.0. The Morgan fingerprint density at radius 1 is 1.16 bits per heavy atom. The fourth-order valence-electron chi connectivity index (χ4n) is 4.61. The van der Waals surface area contributed by atoms with Crippen LogP contribution in [0.1, 0.15) is 48.5 Å². The molecule has 2 aromatic carbocycles. The summed E-state index contributed by atoms with van der Waals surface area (Å²) in [6.45, 7) is 3.93. The van der Waals surface area contributed by atoms with E-state index in [9.17, 15) is 9.59 Å². The molecule has 0 amide bonds. The van der Waals surface area contributed by atoms with Gasteiger partial charge in [-0.2, -0.15) is 0 Å². The fraction of sp³-hybridized carbons (Fsp3) is 0.375. The molecule has 0 bridgehead atoms. The number of benzene rings is 2. The zero-order chi connectivity index (χ0) is 21.4. The van der Waals surface area contributed by atoms with Crippen molar-refractivity contribution in [1.29, 1.82) is 0 Å². The summed E-state index contributed by atoms with van der Waals surface area (Å²) in [5.74, 6) is 0.267. The predicted octanol–water partition coefficient (Wildman–Crippen LogP) is 4.39. The van der Waals surface area contributed by atoms with Crippen molar-refractivity contribution < 1.29 is 18.8 Å². The predicted molar refractivity (Wildman–Crippen MR) is 119 cm³/mol. The molecule has 1 N–H and O–H groups in total. The molecule has 1 aromatic heterocycles. The molecular formula is C24H25N3O4. The standard InChI is InChI=1S/C24H25N3O4/c1-15(28)30-13-10-25-18-14-19(27-11-6-2-3-7-12-27)22-21-20(18)23(29)16-8-4-5-9-17(16)24(21)31-26-22/h4-5,8-9,14,25H,2-3,6-7,10-13H2,1H3. The Labute approximate surface area is 180 Å². The van der Waals surface area contributed by atoms with Gasteiger partial charge in [-0.15, -0.1) is 0 Å². The van der Waals surface area contributed by atoms with E-state index in [0.717, 1.165) is 53.8 Å². The van der Waals surface area contributed by atoms with Crippen molar-refractivity contribution in [3.63, 3.8) is 0 Å². The molecule has 160 valence electrons. The lowest BCUT2D eigenvalue weighted by Crippen LogP contribution is -2.25. The van der Waals surface area contributed by atoms with Gasteiger partial charge in [-0.05, 0) is 18.9 Å². The third kappa shape index (κ3) is 3.44. The Balaban J connectivity index is 1.65. The van der Waals surface area contributed by atoms with Gasteiger partial charge >= 0.3 is 5.97 Å². The summed E-state index contributed by atoms with van der Waals surface area (Å²) in [5, 5.41) is 8.51. The van der Waals surface area contributed by atoms with Crippen LogP contribution in [0.5, 0.6) is 0 Å². The monoisotopic (exact) mass is 419 g/mol. The van der Waals surface area contributed by atoms with Crippen LogP contribution >= 0.6 is 0 Å². The van der Waals surface area contributed by atoms with E-state index < -0.39 is 0 Å². The molecule has 3 aromatic rings. The second kappa shape index (κ2) is 8.06. The molecule has 0 radical (unpaired) electrons. The van der Waals surface area contributed by atoms with Crippen LogP contribution in [0, 0.1) is 0 Å². The van der Waals surface area contributed by atoms with Gasteiger partial charge in [0.05, 0.1) is 16.6 Å². The lowest BCUT2D eigenvalue weighted by Gasteiger charge is -2.26. The molecule has 2 heterocycles. The van der Waals surface area contributed by atoms with Crippen molar-refractivity contribution in [2.45, 2.75) is 32.6 Å². The Bertz CT molecular complexity index is 1160. The maximum atomic E-state index is 13.5. The van der Waals surface area contributed by atoms with Crippen molar-refractivity contribution in [2.75, 3.05) is 36.5 Å². The SMILES string of the molecule is CC(=O)OCCNc1cc(N2CCCCCC2)c2noc3c2c1C(=O)c1ccccc1-3. The number of anilines is 2. The number of hydrogen-bond donors (Lipinski definition) is 1.